The Balaban J connectivity index is 1.74. The Hall–Kier alpha value is -1.82. The molecule has 24 heavy (non-hydrogen) atoms. The second-order valence-electron chi connectivity index (χ2n) is 5.82. The maximum absolute atomic E-state index is 12.4. The van der Waals surface area contributed by atoms with Crippen LogP contribution in [0.15, 0.2) is 41.0 Å². The van der Waals surface area contributed by atoms with E-state index in [-0.39, 0.29) is 11.9 Å². The molecule has 2 heterocycles. The largest absolute Gasteiger partial charge is 0.469 e. The van der Waals surface area contributed by atoms with Gasteiger partial charge in [0.15, 0.2) is 0 Å². The zero-order chi connectivity index (χ0) is 16.9. The van der Waals surface area contributed by atoms with E-state index in [1.807, 2.05) is 24.3 Å². The van der Waals surface area contributed by atoms with Crippen molar-refractivity contribution in [2.24, 2.45) is 0 Å². The first-order chi connectivity index (χ1) is 11.6. The molecule has 0 spiro atoms. The normalized spacial score (nSPS) is 16.8. The van der Waals surface area contributed by atoms with Crippen LogP contribution in [-0.2, 0) is 4.74 Å². The van der Waals surface area contributed by atoms with E-state index < -0.39 is 0 Å². The molecule has 1 atom stereocenters. The first-order valence-electron chi connectivity index (χ1n) is 8.04. The third kappa shape index (κ3) is 3.98. The van der Waals surface area contributed by atoms with Gasteiger partial charge in [0.1, 0.15) is 5.76 Å². The van der Waals surface area contributed by atoms with E-state index in [1.165, 1.54) is 6.26 Å². The molecule has 128 valence electrons. The smallest absolute Gasteiger partial charge is 0.254 e. The van der Waals surface area contributed by atoms with Gasteiger partial charge in [0.2, 0.25) is 0 Å². The molecule has 0 unspecified atom stereocenters. The molecular weight excluding hydrogens is 328 g/mol. The Labute approximate surface area is 146 Å². The summed E-state index contributed by atoms with van der Waals surface area (Å²) in [6.45, 7) is 5.35. The van der Waals surface area contributed by atoms with Crippen LogP contribution in [0.1, 0.15) is 27.7 Å². The number of aryl methyl sites for hydroxylation is 1. The molecule has 1 amide bonds. The SMILES string of the molecule is Cc1occc1C(=O)NC[C@H](c1cccc(Cl)c1)N1CCOCC1. The van der Waals surface area contributed by atoms with Crippen molar-refractivity contribution >= 4 is 17.5 Å². The number of rotatable bonds is 5. The van der Waals surface area contributed by atoms with Crippen molar-refractivity contribution in [3.8, 4) is 0 Å². The Morgan fingerprint density at radius 1 is 1.33 bits per heavy atom. The highest BCUT2D eigenvalue weighted by atomic mass is 35.5. The number of ether oxygens (including phenoxy) is 1. The van der Waals surface area contributed by atoms with Gasteiger partial charge < -0.3 is 14.5 Å². The van der Waals surface area contributed by atoms with Crippen LogP contribution >= 0.6 is 11.6 Å². The second kappa shape index (κ2) is 7.83. The number of benzene rings is 1. The predicted molar refractivity (Wildman–Crippen MR) is 92.4 cm³/mol. The average molecular weight is 349 g/mol. The van der Waals surface area contributed by atoms with E-state index in [2.05, 4.69) is 10.2 Å². The summed E-state index contributed by atoms with van der Waals surface area (Å²) in [6, 6.07) is 9.54. The van der Waals surface area contributed by atoms with Crippen molar-refractivity contribution in [1.29, 1.82) is 0 Å². The van der Waals surface area contributed by atoms with E-state index >= 15 is 0 Å². The number of hydrogen-bond donors (Lipinski definition) is 1. The number of halogens is 1. The average Bonchev–Trinajstić information content (AvgIpc) is 3.02. The first-order valence-corrected chi connectivity index (χ1v) is 8.42. The molecule has 3 rings (SSSR count). The molecule has 2 aromatic rings. The molecule has 5 nitrogen and oxygen atoms in total. The van der Waals surface area contributed by atoms with Gasteiger partial charge in [-0.3, -0.25) is 9.69 Å². The zero-order valence-corrected chi connectivity index (χ0v) is 14.4. The number of nitrogens with zero attached hydrogens (tertiary/aromatic N) is 1. The minimum absolute atomic E-state index is 0.0590. The van der Waals surface area contributed by atoms with Gasteiger partial charge >= 0.3 is 0 Å². The molecule has 0 radical (unpaired) electrons. The maximum Gasteiger partial charge on any atom is 0.254 e. The molecular formula is C18H21ClN2O3. The first kappa shape index (κ1) is 17.0. The van der Waals surface area contributed by atoms with Crippen molar-refractivity contribution in [2.75, 3.05) is 32.8 Å². The van der Waals surface area contributed by atoms with E-state index in [1.54, 1.807) is 13.0 Å². The number of nitrogens with one attached hydrogen (secondary N) is 1. The van der Waals surface area contributed by atoms with E-state index in [9.17, 15) is 4.79 Å². The highest BCUT2D eigenvalue weighted by molar-refractivity contribution is 6.30. The minimum Gasteiger partial charge on any atom is -0.469 e. The van der Waals surface area contributed by atoms with Crippen molar-refractivity contribution in [2.45, 2.75) is 13.0 Å². The molecule has 6 heteroatoms. The van der Waals surface area contributed by atoms with Gasteiger partial charge in [-0.25, -0.2) is 0 Å². The minimum atomic E-state index is -0.124. The molecule has 1 N–H and O–H groups in total. The fraction of sp³-hybridized carbons (Fsp3) is 0.389. The predicted octanol–water partition coefficient (Wildman–Crippen LogP) is 3.04. The lowest BCUT2D eigenvalue weighted by molar-refractivity contribution is 0.0162. The number of morpholine rings is 1. The van der Waals surface area contributed by atoms with Crippen LogP contribution in [0.3, 0.4) is 0 Å². The van der Waals surface area contributed by atoms with Crippen LogP contribution in [0.4, 0.5) is 0 Å². The van der Waals surface area contributed by atoms with E-state index in [4.69, 9.17) is 20.8 Å². The molecule has 0 bridgehead atoms. The lowest BCUT2D eigenvalue weighted by Crippen LogP contribution is -2.43. The van der Waals surface area contributed by atoms with Crippen molar-refractivity contribution in [3.05, 3.63) is 58.5 Å². The summed E-state index contributed by atoms with van der Waals surface area (Å²) < 4.78 is 10.6. The fourth-order valence-corrected chi connectivity index (χ4v) is 3.16. The third-order valence-electron chi connectivity index (χ3n) is 4.28. The van der Waals surface area contributed by atoms with Crippen molar-refractivity contribution in [1.82, 2.24) is 10.2 Å². The van der Waals surface area contributed by atoms with Gasteiger partial charge in [0.25, 0.3) is 5.91 Å². The highest BCUT2D eigenvalue weighted by Gasteiger charge is 2.24. The van der Waals surface area contributed by atoms with Crippen LogP contribution in [0, 0.1) is 6.92 Å². The second-order valence-corrected chi connectivity index (χ2v) is 6.26. The maximum atomic E-state index is 12.4. The monoisotopic (exact) mass is 348 g/mol. The van der Waals surface area contributed by atoms with E-state index in [0.717, 1.165) is 18.7 Å². The lowest BCUT2D eigenvalue weighted by Gasteiger charge is -2.35. The molecule has 0 saturated carbocycles. The van der Waals surface area contributed by atoms with Gasteiger partial charge in [-0.15, -0.1) is 0 Å². The topological polar surface area (TPSA) is 54.7 Å². The highest BCUT2D eigenvalue weighted by Crippen LogP contribution is 2.24. The van der Waals surface area contributed by atoms with Gasteiger partial charge in [-0.05, 0) is 30.7 Å². The van der Waals surface area contributed by atoms with Crippen LogP contribution in [0.25, 0.3) is 0 Å². The number of carbonyl (C=O) groups is 1. The fourth-order valence-electron chi connectivity index (χ4n) is 2.97. The number of amides is 1. The standard InChI is InChI=1S/C18H21ClN2O3/c1-13-16(5-8-24-13)18(22)20-12-17(21-6-9-23-10-7-21)14-3-2-4-15(19)11-14/h2-5,8,11,17H,6-7,9-10,12H2,1H3,(H,20,22)/t17-/m1/s1. The van der Waals surface area contributed by atoms with Gasteiger partial charge in [-0.2, -0.15) is 0 Å². The van der Waals surface area contributed by atoms with Crippen LogP contribution in [0.5, 0.6) is 0 Å². The third-order valence-corrected chi connectivity index (χ3v) is 4.51. The molecule has 1 aromatic heterocycles. The quantitative estimate of drug-likeness (QED) is 0.902. The van der Waals surface area contributed by atoms with Crippen molar-refractivity contribution in [3.63, 3.8) is 0 Å². The Morgan fingerprint density at radius 3 is 2.79 bits per heavy atom. The van der Waals surface area contributed by atoms with E-state index in [0.29, 0.717) is 36.1 Å². The van der Waals surface area contributed by atoms with Gasteiger partial charge in [0.05, 0.1) is 31.1 Å². The number of furan rings is 1. The van der Waals surface area contributed by atoms with Gasteiger partial charge in [-0.1, -0.05) is 23.7 Å². The summed E-state index contributed by atoms with van der Waals surface area (Å²) in [5.74, 6) is 0.500. The molecule has 1 aromatic carbocycles. The van der Waals surface area contributed by atoms with Crippen molar-refractivity contribution < 1.29 is 13.9 Å². The molecule has 1 aliphatic heterocycles. The summed E-state index contributed by atoms with van der Waals surface area (Å²) >= 11 is 6.15. The Bertz CT molecular complexity index is 695. The van der Waals surface area contributed by atoms with Crippen LogP contribution in [-0.4, -0.2) is 43.7 Å². The summed E-state index contributed by atoms with van der Waals surface area (Å²) in [5, 5.41) is 3.71. The van der Waals surface area contributed by atoms with Crippen LogP contribution in [0.2, 0.25) is 5.02 Å². The molecule has 0 aliphatic carbocycles. The molecule has 1 fully saturated rings. The summed E-state index contributed by atoms with van der Waals surface area (Å²) in [6.07, 6.45) is 1.53. The lowest BCUT2D eigenvalue weighted by atomic mass is 10.0. The van der Waals surface area contributed by atoms with Gasteiger partial charge in [0, 0.05) is 24.7 Å². The molecule has 1 saturated heterocycles. The Morgan fingerprint density at radius 2 is 2.12 bits per heavy atom. The zero-order valence-electron chi connectivity index (χ0n) is 13.6. The number of hydrogen-bond acceptors (Lipinski definition) is 4. The number of carbonyl (C=O) groups excluding carboxylic acids is 1. The summed E-state index contributed by atoms with van der Waals surface area (Å²) in [5.41, 5.74) is 1.66. The Kier molecular flexibility index (Phi) is 5.56. The summed E-state index contributed by atoms with van der Waals surface area (Å²) in [7, 11) is 0. The van der Waals surface area contributed by atoms with Crippen LogP contribution < -0.4 is 5.32 Å². The molecule has 1 aliphatic rings. The summed E-state index contributed by atoms with van der Waals surface area (Å²) in [4.78, 5) is 14.7.